The lowest BCUT2D eigenvalue weighted by Gasteiger charge is -2.18. The van der Waals surface area contributed by atoms with Gasteiger partial charge in [-0.15, -0.1) is 0 Å². The van der Waals surface area contributed by atoms with E-state index in [2.05, 4.69) is 44.2 Å². The standard InChI is InChI=1S/C47H88O3/c1-3-5-7-9-11-13-15-17-19-21-23-25-27-29-31-36-41-48-45-47(40-43-49-44-46-38-34-33-35-39-46)50-42-37-32-30-28-26-24-22-20-18-16-14-12-10-8-6-4-2/h33-35,38-39,47H,3-32,36-37,40-45H2,1-2H3/t47-/m0/s1. The summed E-state index contributed by atoms with van der Waals surface area (Å²) in [5, 5.41) is 0. The number of hydrogen-bond donors (Lipinski definition) is 0. The Kier molecular flexibility index (Phi) is 38.5. The second-order valence-electron chi connectivity index (χ2n) is 15.5. The van der Waals surface area contributed by atoms with Crippen molar-refractivity contribution < 1.29 is 14.2 Å². The molecular weight excluding hydrogens is 613 g/mol. The molecule has 1 aromatic rings. The lowest BCUT2D eigenvalue weighted by atomic mass is 10.0. The molecule has 0 aliphatic carbocycles. The highest BCUT2D eigenvalue weighted by Crippen LogP contribution is 2.16. The van der Waals surface area contributed by atoms with E-state index in [1.54, 1.807) is 0 Å². The lowest BCUT2D eigenvalue weighted by molar-refractivity contribution is -0.0362. The van der Waals surface area contributed by atoms with Crippen LogP contribution in [0.25, 0.3) is 0 Å². The van der Waals surface area contributed by atoms with Crippen LogP contribution in [0.1, 0.15) is 231 Å². The van der Waals surface area contributed by atoms with Crippen LogP contribution in [0.2, 0.25) is 0 Å². The van der Waals surface area contributed by atoms with Crippen molar-refractivity contribution in [2.75, 3.05) is 26.4 Å². The van der Waals surface area contributed by atoms with Crippen LogP contribution >= 0.6 is 0 Å². The van der Waals surface area contributed by atoms with Gasteiger partial charge in [-0.25, -0.2) is 0 Å². The lowest BCUT2D eigenvalue weighted by Crippen LogP contribution is -2.23. The van der Waals surface area contributed by atoms with Gasteiger partial charge in [0.1, 0.15) is 0 Å². The summed E-state index contributed by atoms with van der Waals surface area (Å²) >= 11 is 0. The summed E-state index contributed by atoms with van der Waals surface area (Å²) in [5.74, 6) is 0. The molecule has 3 nitrogen and oxygen atoms in total. The maximum Gasteiger partial charge on any atom is 0.0830 e. The predicted molar refractivity (Wildman–Crippen MR) is 220 cm³/mol. The van der Waals surface area contributed by atoms with E-state index in [0.717, 1.165) is 26.2 Å². The number of unbranched alkanes of at least 4 members (excludes halogenated alkanes) is 30. The average molecular weight is 701 g/mol. The Bertz CT molecular complexity index is 737. The first-order valence-electron chi connectivity index (χ1n) is 22.7. The molecule has 0 saturated carbocycles. The Morgan fingerprint density at radius 2 is 0.740 bits per heavy atom. The van der Waals surface area contributed by atoms with Gasteiger partial charge < -0.3 is 14.2 Å². The molecule has 0 heterocycles. The van der Waals surface area contributed by atoms with E-state index in [1.807, 2.05) is 0 Å². The van der Waals surface area contributed by atoms with Crippen molar-refractivity contribution in [3.8, 4) is 0 Å². The smallest absolute Gasteiger partial charge is 0.0830 e. The first kappa shape index (κ1) is 47.1. The summed E-state index contributed by atoms with van der Waals surface area (Å²) in [5.41, 5.74) is 1.23. The molecule has 0 aliphatic heterocycles. The molecule has 1 aromatic carbocycles. The molecule has 1 rings (SSSR count). The van der Waals surface area contributed by atoms with E-state index in [1.165, 1.54) is 211 Å². The van der Waals surface area contributed by atoms with Gasteiger partial charge in [0, 0.05) is 19.8 Å². The van der Waals surface area contributed by atoms with Crippen molar-refractivity contribution in [2.24, 2.45) is 0 Å². The first-order chi connectivity index (χ1) is 24.9. The number of ether oxygens (including phenoxy) is 3. The Balaban J connectivity index is 2.01. The van der Waals surface area contributed by atoms with Crippen molar-refractivity contribution in [3.05, 3.63) is 35.9 Å². The molecule has 0 amide bonds. The van der Waals surface area contributed by atoms with Crippen LogP contribution in [-0.4, -0.2) is 32.5 Å². The monoisotopic (exact) mass is 701 g/mol. The Labute approximate surface area is 314 Å². The molecule has 0 spiro atoms. The molecule has 0 aliphatic rings. The van der Waals surface area contributed by atoms with E-state index in [9.17, 15) is 0 Å². The van der Waals surface area contributed by atoms with Gasteiger partial charge in [0.05, 0.1) is 19.3 Å². The topological polar surface area (TPSA) is 27.7 Å². The highest BCUT2D eigenvalue weighted by atomic mass is 16.5. The fourth-order valence-corrected chi connectivity index (χ4v) is 7.06. The highest BCUT2D eigenvalue weighted by Gasteiger charge is 2.10. The molecule has 50 heavy (non-hydrogen) atoms. The van der Waals surface area contributed by atoms with E-state index in [4.69, 9.17) is 14.2 Å². The molecule has 1 atom stereocenters. The van der Waals surface area contributed by atoms with Gasteiger partial charge in [-0.1, -0.05) is 237 Å². The van der Waals surface area contributed by atoms with Gasteiger partial charge in [-0.3, -0.25) is 0 Å². The molecule has 0 radical (unpaired) electrons. The zero-order valence-corrected chi connectivity index (χ0v) is 34.1. The third-order valence-electron chi connectivity index (χ3n) is 10.5. The molecule has 294 valence electrons. The van der Waals surface area contributed by atoms with Gasteiger partial charge in [0.15, 0.2) is 0 Å². The second kappa shape index (κ2) is 40.9. The summed E-state index contributed by atoms with van der Waals surface area (Å²) in [6.45, 7) is 8.41. The van der Waals surface area contributed by atoms with Gasteiger partial charge >= 0.3 is 0 Å². The average Bonchev–Trinajstić information content (AvgIpc) is 3.14. The molecule has 3 heteroatoms. The Morgan fingerprint density at radius 1 is 0.380 bits per heavy atom. The van der Waals surface area contributed by atoms with Gasteiger partial charge in [-0.2, -0.15) is 0 Å². The molecular formula is C47H88O3. The fraction of sp³-hybridized carbons (Fsp3) is 0.872. The van der Waals surface area contributed by atoms with E-state index >= 15 is 0 Å². The normalized spacial score (nSPS) is 12.2. The largest absolute Gasteiger partial charge is 0.379 e. The third kappa shape index (κ3) is 35.5. The first-order valence-corrected chi connectivity index (χ1v) is 22.7. The summed E-state index contributed by atoms with van der Waals surface area (Å²) in [6.07, 6.45) is 45.9. The molecule has 0 unspecified atom stereocenters. The van der Waals surface area contributed by atoms with Crippen LogP contribution in [0.4, 0.5) is 0 Å². The van der Waals surface area contributed by atoms with Crippen LogP contribution in [0.3, 0.4) is 0 Å². The number of rotatable bonds is 42. The van der Waals surface area contributed by atoms with Crippen molar-refractivity contribution in [2.45, 2.75) is 238 Å². The summed E-state index contributed by atoms with van der Waals surface area (Å²) in [4.78, 5) is 0. The van der Waals surface area contributed by atoms with Crippen LogP contribution in [0, 0.1) is 0 Å². The number of benzene rings is 1. The highest BCUT2D eigenvalue weighted by molar-refractivity contribution is 5.13. The van der Waals surface area contributed by atoms with E-state index in [-0.39, 0.29) is 6.10 Å². The summed E-state index contributed by atoms with van der Waals surface area (Å²) in [7, 11) is 0. The van der Waals surface area contributed by atoms with Crippen LogP contribution in [0.15, 0.2) is 30.3 Å². The zero-order chi connectivity index (χ0) is 35.7. The SMILES string of the molecule is CCCCCCCCCCCCCCCCCCOC[C@H](CCOCc1ccccc1)OCCCCCCCCCCCCCCCCCC. The van der Waals surface area contributed by atoms with Gasteiger partial charge in [0.2, 0.25) is 0 Å². The minimum absolute atomic E-state index is 0.142. The maximum atomic E-state index is 6.34. The minimum Gasteiger partial charge on any atom is -0.379 e. The molecule has 0 N–H and O–H groups in total. The summed E-state index contributed by atoms with van der Waals surface area (Å²) < 4.78 is 18.5. The molecule has 0 bridgehead atoms. The van der Waals surface area contributed by atoms with Crippen LogP contribution in [0.5, 0.6) is 0 Å². The molecule has 0 saturated heterocycles. The van der Waals surface area contributed by atoms with E-state index in [0.29, 0.717) is 13.2 Å². The van der Waals surface area contributed by atoms with Crippen molar-refractivity contribution >= 4 is 0 Å². The zero-order valence-electron chi connectivity index (χ0n) is 34.1. The second-order valence-corrected chi connectivity index (χ2v) is 15.5. The Morgan fingerprint density at radius 3 is 1.14 bits per heavy atom. The molecule has 0 aromatic heterocycles. The van der Waals surface area contributed by atoms with Gasteiger partial charge in [0.25, 0.3) is 0 Å². The predicted octanol–water partition coefficient (Wildman–Crippen LogP) is 15.5. The van der Waals surface area contributed by atoms with Crippen LogP contribution < -0.4 is 0 Å². The van der Waals surface area contributed by atoms with Crippen molar-refractivity contribution in [3.63, 3.8) is 0 Å². The maximum absolute atomic E-state index is 6.34. The third-order valence-corrected chi connectivity index (χ3v) is 10.5. The number of hydrogen-bond acceptors (Lipinski definition) is 3. The van der Waals surface area contributed by atoms with Crippen LogP contribution in [-0.2, 0) is 20.8 Å². The van der Waals surface area contributed by atoms with Crippen molar-refractivity contribution in [1.29, 1.82) is 0 Å². The van der Waals surface area contributed by atoms with Crippen molar-refractivity contribution in [1.82, 2.24) is 0 Å². The van der Waals surface area contributed by atoms with Gasteiger partial charge in [-0.05, 0) is 24.8 Å². The van der Waals surface area contributed by atoms with E-state index < -0.39 is 0 Å². The quantitative estimate of drug-likeness (QED) is 0.0636. The minimum atomic E-state index is 0.142. The fourth-order valence-electron chi connectivity index (χ4n) is 7.06. The Hall–Kier alpha value is -0.900. The molecule has 0 fully saturated rings. The summed E-state index contributed by atoms with van der Waals surface area (Å²) in [6, 6.07) is 10.5.